The van der Waals surface area contributed by atoms with Crippen molar-refractivity contribution in [3.63, 3.8) is 0 Å². The number of anilines is 1. The van der Waals surface area contributed by atoms with Gasteiger partial charge in [0.1, 0.15) is 5.82 Å². The van der Waals surface area contributed by atoms with Gasteiger partial charge in [0.2, 0.25) is 5.91 Å². The second-order valence-electron chi connectivity index (χ2n) is 8.54. The van der Waals surface area contributed by atoms with E-state index in [1.807, 2.05) is 6.20 Å². The monoisotopic (exact) mass is 392 g/mol. The molecule has 29 heavy (non-hydrogen) atoms. The van der Waals surface area contributed by atoms with Gasteiger partial charge >= 0.3 is 0 Å². The molecule has 1 aromatic carbocycles. The summed E-state index contributed by atoms with van der Waals surface area (Å²) in [5, 5.41) is 3.18. The van der Waals surface area contributed by atoms with Crippen molar-refractivity contribution in [1.82, 2.24) is 15.2 Å². The first-order valence-electron chi connectivity index (χ1n) is 10.8. The molecular weight excluding hydrogens is 360 g/mol. The molecule has 1 amide bonds. The minimum absolute atomic E-state index is 0.127. The number of rotatable bonds is 5. The molecule has 0 atom stereocenters. The molecule has 3 heterocycles. The molecule has 0 radical (unpaired) electrons. The molecule has 0 unspecified atom stereocenters. The summed E-state index contributed by atoms with van der Waals surface area (Å²) in [6, 6.07) is 10.9. The van der Waals surface area contributed by atoms with Gasteiger partial charge in [-0.25, -0.2) is 4.98 Å². The predicted molar refractivity (Wildman–Crippen MR) is 117 cm³/mol. The first-order chi connectivity index (χ1) is 14.1. The van der Waals surface area contributed by atoms with Gasteiger partial charge in [0.25, 0.3) is 0 Å². The third kappa shape index (κ3) is 4.96. The highest BCUT2D eigenvalue weighted by Gasteiger charge is 2.25. The molecule has 1 N–H and O–H groups in total. The van der Waals surface area contributed by atoms with E-state index in [1.165, 1.54) is 22.3 Å². The quantitative estimate of drug-likeness (QED) is 0.850. The Kier molecular flexibility index (Phi) is 6.14. The van der Waals surface area contributed by atoms with E-state index >= 15 is 0 Å². The van der Waals surface area contributed by atoms with Crippen LogP contribution in [0.25, 0.3) is 0 Å². The predicted octanol–water partition coefficient (Wildman–Crippen LogP) is 3.09. The maximum Gasteiger partial charge on any atom is 0.223 e. The third-order valence-electron chi connectivity index (χ3n) is 6.27. The molecule has 2 aliphatic rings. The Labute approximate surface area is 174 Å². The van der Waals surface area contributed by atoms with Crippen LogP contribution in [0.5, 0.6) is 0 Å². The number of piperidine rings is 1. The zero-order valence-electron chi connectivity index (χ0n) is 17.7. The molecule has 154 valence electrons. The molecule has 4 rings (SSSR count). The van der Waals surface area contributed by atoms with Crippen molar-refractivity contribution < 1.29 is 4.79 Å². The zero-order valence-corrected chi connectivity index (χ0v) is 17.7. The maximum atomic E-state index is 12.6. The lowest BCUT2D eigenvalue weighted by atomic mass is 9.96. The standard InChI is InChI=1S/C24H32N4O/c1-18-3-5-22-17-27(11-7-21(22)15-18)14-10-25-24(29)20-8-12-28(13-9-20)23-6-4-19(2)16-26-23/h3-6,15-16,20H,7-14,17H2,1-2H3,(H,25,29). The fourth-order valence-electron chi connectivity index (χ4n) is 4.43. The summed E-state index contributed by atoms with van der Waals surface area (Å²) >= 11 is 0. The molecule has 1 saturated heterocycles. The van der Waals surface area contributed by atoms with E-state index in [0.717, 1.165) is 64.3 Å². The Morgan fingerprint density at radius 3 is 2.62 bits per heavy atom. The van der Waals surface area contributed by atoms with Gasteiger partial charge < -0.3 is 10.2 Å². The van der Waals surface area contributed by atoms with Crippen LogP contribution in [0.1, 0.15) is 35.1 Å². The summed E-state index contributed by atoms with van der Waals surface area (Å²) in [6.45, 7) is 9.74. The molecule has 1 fully saturated rings. The van der Waals surface area contributed by atoms with Crippen LogP contribution in [-0.4, -0.2) is 48.5 Å². The van der Waals surface area contributed by atoms with E-state index in [4.69, 9.17) is 0 Å². The summed E-state index contributed by atoms with van der Waals surface area (Å²) in [7, 11) is 0. The molecule has 1 aromatic heterocycles. The highest BCUT2D eigenvalue weighted by Crippen LogP contribution is 2.22. The van der Waals surface area contributed by atoms with Crippen molar-refractivity contribution in [3.05, 3.63) is 58.8 Å². The number of aromatic nitrogens is 1. The normalized spacial score (nSPS) is 17.8. The molecular formula is C24H32N4O. The number of fused-ring (bicyclic) bond motifs is 1. The average Bonchev–Trinajstić information content (AvgIpc) is 2.74. The summed E-state index contributed by atoms with van der Waals surface area (Å²) in [5.41, 5.74) is 5.44. The largest absolute Gasteiger partial charge is 0.357 e. The fourth-order valence-corrected chi connectivity index (χ4v) is 4.43. The van der Waals surface area contributed by atoms with E-state index in [2.05, 4.69) is 64.3 Å². The Morgan fingerprint density at radius 2 is 1.86 bits per heavy atom. The van der Waals surface area contributed by atoms with Crippen LogP contribution in [0.2, 0.25) is 0 Å². The Balaban J connectivity index is 1.19. The number of pyridine rings is 1. The van der Waals surface area contributed by atoms with E-state index in [0.29, 0.717) is 0 Å². The SMILES string of the molecule is Cc1ccc(N2CCC(C(=O)NCCN3CCc4cc(C)ccc4C3)CC2)nc1. The van der Waals surface area contributed by atoms with Crippen LogP contribution in [0.3, 0.4) is 0 Å². The van der Waals surface area contributed by atoms with E-state index < -0.39 is 0 Å². The zero-order chi connectivity index (χ0) is 20.2. The van der Waals surface area contributed by atoms with Gasteiger partial charge in [-0.05, 0) is 55.9 Å². The number of hydrogen-bond donors (Lipinski definition) is 1. The molecule has 0 spiro atoms. The molecule has 5 nitrogen and oxygen atoms in total. The van der Waals surface area contributed by atoms with Gasteiger partial charge in [0, 0.05) is 51.4 Å². The first kappa shape index (κ1) is 19.9. The number of hydrogen-bond acceptors (Lipinski definition) is 4. The molecule has 2 aromatic rings. The fraction of sp³-hybridized carbons (Fsp3) is 0.500. The van der Waals surface area contributed by atoms with Crippen LogP contribution in [0, 0.1) is 19.8 Å². The number of carbonyl (C=O) groups is 1. The molecule has 2 aliphatic heterocycles. The van der Waals surface area contributed by atoms with Crippen molar-refractivity contribution in [2.75, 3.05) is 37.6 Å². The smallest absolute Gasteiger partial charge is 0.223 e. The molecule has 5 heteroatoms. The van der Waals surface area contributed by atoms with Crippen molar-refractivity contribution in [3.8, 4) is 0 Å². The summed E-state index contributed by atoms with van der Waals surface area (Å²) in [6.07, 6.45) is 4.82. The van der Waals surface area contributed by atoms with Crippen LogP contribution < -0.4 is 10.2 Å². The topological polar surface area (TPSA) is 48.5 Å². The second kappa shape index (κ2) is 8.95. The summed E-state index contributed by atoms with van der Waals surface area (Å²) in [5.74, 6) is 1.37. The van der Waals surface area contributed by atoms with Crippen molar-refractivity contribution in [2.45, 2.75) is 39.7 Å². The lowest BCUT2D eigenvalue weighted by molar-refractivity contribution is -0.125. The van der Waals surface area contributed by atoms with Crippen LogP contribution in [-0.2, 0) is 17.8 Å². The van der Waals surface area contributed by atoms with E-state index in [-0.39, 0.29) is 11.8 Å². The van der Waals surface area contributed by atoms with Crippen LogP contribution in [0.4, 0.5) is 5.82 Å². The number of aryl methyl sites for hydroxylation is 2. The highest BCUT2D eigenvalue weighted by molar-refractivity contribution is 5.79. The first-order valence-corrected chi connectivity index (χ1v) is 10.8. The second-order valence-corrected chi connectivity index (χ2v) is 8.54. The summed E-state index contributed by atoms with van der Waals surface area (Å²) in [4.78, 5) is 21.8. The van der Waals surface area contributed by atoms with Gasteiger partial charge in [-0.15, -0.1) is 0 Å². The van der Waals surface area contributed by atoms with Crippen LogP contribution >= 0.6 is 0 Å². The molecule has 0 aliphatic carbocycles. The molecule has 0 saturated carbocycles. The van der Waals surface area contributed by atoms with Crippen LogP contribution in [0.15, 0.2) is 36.5 Å². The lowest BCUT2D eigenvalue weighted by Gasteiger charge is -2.32. The number of amides is 1. The number of nitrogens with one attached hydrogen (secondary N) is 1. The van der Waals surface area contributed by atoms with Crippen molar-refractivity contribution >= 4 is 11.7 Å². The number of benzene rings is 1. The lowest BCUT2D eigenvalue weighted by Crippen LogP contribution is -2.43. The van der Waals surface area contributed by atoms with Gasteiger partial charge in [-0.1, -0.05) is 29.8 Å². The van der Waals surface area contributed by atoms with Gasteiger partial charge in [0.15, 0.2) is 0 Å². The van der Waals surface area contributed by atoms with E-state index in [1.54, 1.807) is 0 Å². The average molecular weight is 393 g/mol. The number of nitrogens with zero attached hydrogens (tertiary/aromatic N) is 3. The number of carbonyl (C=O) groups excluding carboxylic acids is 1. The minimum Gasteiger partial charge on any atom is -0.357 e. The minimum atomic E-state index is 0.127. The molecule has 0 bridgehead atoms. The Morgan fingerprint density at radius 1 is 1.07 bits per heavy atom. The van der Waals surface area contributed by atoms with Gasteiger partial charge in [0.05, 0.1) is 0 Å². The van der Waals surface area contributed by atoms with E-state index in [9.17, 15) is 4.79 Å². The van der Waals surface area contributed by atoms with Gasteiger partial charge in [-0.2, -0.15) is 0 Å². The Bertz CT molecular complexity index is 840. The third-order valence-corrected chi connectivity index (χ3v) is 6.27. The highest BCUT2D eigenvalue weighted by atomic mass is 16.1. The summed E-state index contributed by atoms with van der Waals surface area (Å²) < 4.78 is 0. The van der Waals surface area contributed by atoms with Crippen molar-refractivity contribution in [1.29, 1.82) is 0 Å². The maximum absolute atomic E-state index is 12.6. The van der Waals surface area contributed by atoms with Gasteiger partial charge in [-0.3, -0.25) is 9.69 Å². The Hall–Kier alpha value is -2.40. The van der Waals surface area contributed by atoms with Crippen molar-refractivity contribution in [2.24, 2.45) is 5.92 Å².